The molecule has 3 aromatic heterocycles. The maximum absolute atomic E-state index is 9.09. The fourth-order valence-electron chi connectivity index (χ4n) is 3.61. The third-order valence-corrected chi connectivity index (χ3v) is 6.35. The molecule has 9 nitrogen and oxygen atoms in total. The minimum atomic E-state index is 0.0865. The second-order valence-corrected chi connectivity index (χ2v) is 8.41. The van der Waals surface area contributed by atoms with Crippen LogP contribution in [-0.2, 0) is 4.74 Å². The third-order valence-electron chi connectivity index (χ3n) is 5.18. The van der Waals surface area contributed by atoms with Crippen molar-refractivity contribution in [2.24, 2.45) is 0 Å². The van der Waals surface area contributed by atoms with Crippen molar-refractivity contribution in [1.29, 1.82) is 0 Å². The first-order chi connectivity index (χ1) is 15.7. The number of benzene rings is 1. The minimum Gasteiger partial charge on any atom is -0.395 e. The van der Waals surface area contributed by atoms with Crippen LogP contribution >= 0.6 is 11.3 Å². The second-order valence-electron chi connectivity index (χ2n) is 7.36. The number of rotatable bonds is 6. The van der Waals surface area contributed by atoms with Crippen LogP contribution in [0.1, 0.15) is 0 Å². The molecule has 1 aliphatic rings. The Hall–Kier alpha value is -3.34. The monoisotopic (exact) mass is 449 g/mol. The topological polar surface area (TPSA) is 122 Å². The van der Waals surface area contributed by atoms with Gasteiger partial charge in [0, 0.05) is 42.6 Å². The van der Waals surface area contributed by atoms with Gasteiger partial charge < -0.3 is 25.8 Å². The van der Waals surface area contributed by atoms with Gasteiger partial charge in [0.2, 0.25) is 5.95 Å². The number of aliphatic hydroxyl groups is 1. The van der Waals surface area contributed by atoms with E-state index in [0.29, 0.717) is 25.6 Å². The Balaban J connectivity index is 1.61. The number of aliphatic hydroxyl groups excluding tert-OH is 1. The molecule has 0 spiro atoms. The molecule has 0 saturated carbocycles. The predicted molar refractivity (Wildman–Crippen MR) is 127 cm³/mol. The summed E-state index contributed by atoms with van der Waals surface area (Å²) in [5.41, 5.74) is 9.30. The van der Waals surface area contributed by atoms with E-state index in [2.05, 4.69) is 38.4 Å². The Morgan fingerprint density at radius 3 is 2.69 bits per heavy atom. The van der Waals surface area contributed by atoms with Gasteiger partial charge in [-0.05, 0) is 23.8 Å². The average molecular weight is 450 g/mol. The number of anilines is 3. The van der Waals surface area contributed by atoms with Gasteiger partial charge in [0.25, 0.3) is 0 Å². The van der Waals surface area contributed by atoms with Crippen LogP contribution in [0, 0.1) is 0 Å². The molecule has 0 radical (unpaired) electrons. The zero-order chi connectivity index (χ0) is 21.9. The molecule has 10 heteroatoms. The largest absolute Gasteiger partial charge is 0.395 e. The minimum absolute atomic E-state index is 0.0865. The summed E-state index contributed by atoms with van der Waals surface area (Å²) in [6, 6.07) is 10.2. The summed E-state index contributed by atoms with van der Waals surface area (Å²) < 4.78 is 6.58. The highest BCUT2D eigenvalue weighted by Gasteiger charge is 2.21. The first-order valence-corrected chi connectivity index (χ1v) is 11.2. The number of hydrogen-bond donors (Lipinski definition) is 3. The standard InChI is InChI=1S/C22H23N7O2S/c23-22-25-12-15(13-26-22)20-27-17-11-18(14-2-1-3-16(10-14)24-4-7-30)32-19(17)21(28-20)29-5-8-31-9-6-29/h1-3,10-13,24,30H,4-9H2,(H2,23,25,26). The van der Waals surface area contributed by atoms with Gasteiger partial charge in [-0.2, -0.15) is 0 Å². The van der Waals surface area contributed by atoms with Gasteiger partial charge in [0.1, 0.15) is 0 Å². The van der Waals surface area contributed by atoms with E-state index in [9.17, 15) is 0 Å². The lowest BCUT2D eigenvalue weighted by Gasteiger charge is -2.28. The molecular weight excluding hydrogens is 426 g/mol. The van der Waals surface area contributed by atoms with Crippen molar-refractivity contribution in [3.05, 3.63) is 42.7 Å². The van der Waals surface area contributed by atoms with Gasteiger partial charge in [-0.1, -0.05) is 12.1 Å². The normalized spacial score (nSPS) is 14.1. The van der Waals surface area contributed by atoms with Crippen molar-refractivity contribution in [3.8, 4) is 21.8 Å². The van der Waals surface area contributed by atoms with E-state index in [1.165, 1.54) is 0 Å². The summed E-state index contributed by atoms with van der Waals surface area (Å²) in [5, 5.41) is 12.3. The van der Waals surface area contributed by atoms with E-state index in [1.54, 1.807) is 23.7 Å². The van der Waals surface area contributed by atoms with Crippen molar-refractivity contribution < 1.29 is 9.84 Å². The lowest BCUT2D eigenvalue weighted by molar-refractivity contribution is 0.122. The highest BCUT2D eigenvalue weighted by Crippen LogP contribution is 2.39. The summed E-state index contributed by atoms with van der Waals surface area (Å²) in [4.78, 5) is 21.3. The van der Waals surface area contributed by atoms with Crippen LogP contribution in [-0.4, -0.2) is 64.5 Å². The Kier molecular flexibility index (Phi) is 5.80. The second kappa shape index (κ2) is 9.03. The van der Waals surface area contributed by atoms with Gasteiger partial charge in [-0.25, -0.2) is 19.9 Å². The van der Waals surface area contributed by atoms with Crippen LogP contribution in [0.25, 0.3) is 32.0 Å². The number of nitrogen functional groups attached to an aromatic ring is 1. The molecule has 1 saturated heterocycles. The fourth-order valence-corrected chi connectivity index (χ4v) is 4.72. The molecule has 32 heavy (non-hydrogen) atoms. The molecule has 0 aliphatic carbocycles. The number of thiophene rings is 1. The Labute approximate surface area is 188 Å². The Bertz CT molecular complexity index is 1220. The summed E-state index contributed by atoms with van der Waals surface area (Å²) in [7, 11) is 0. The van der Waals surface area contributed by atoms with Gasteiger partial charge in [-0.3, -0.25) is 0 Å². The molecule has 0 atom stereocenters. The van der Waals surface area contributed by atoms with Crippen molar-refractivity contribution >= 4 is 39.0 Å². The van der Waals surface area contributed by atoms with E-state index >= 15 is 0 Å². The predicted octanol–water partition coefficient (Wildman–Crippen LogP) is 2.64. The Morgan fingerprint density at radius 2 is 1.91 bits per heavy atom. The lowest BCUT2D eigenvalue weighted by Crippen LogP contribution is -2.36. The van der Waals surface area contributed by atoms with Gasteiger partial charge in [0.05, 0.1) is 35.6 Å². The van der Waals surface area contributed by atoms with Crippen molar-refractivity contribution in [2.45, 2.75) is 0 Å². The summed E-state index contributed by atoms with van der Waals surface area (Å²) in [5.74, 6) is 1.69. The number of nitrogens with one attached hydrogen (secondary N) is 1. The van der Waals surface area contributed by atoms with E-state index in [1.807, 2.05) is 12.1 Å². The smallest absolute Gasteiger partial charge is 0.219 e. The first kappa shape index (κ1) is 20.6. The SMILES string of the molecule is Nc1ncc(-c2nc(N3CCOCC3)c3sc(-c4cccc(NCCO)c4)cc3n2)cn1. The van der Waals surface area contributed by atoms with Gasteiger partial charge in [0.15, 0.2) is 11.6 Å². The van der Waals surface area contributed by atoms with E-state index in [0.717, 1.165) is 50.8 Å². The van der Waals surface area contributed by atoms with Crippen molar-refractivity contribution in [2.75, 3.05) is 55.4 Å². The van der Waals surface area contributed by atoms with Crippen LogP contribution in [0.15, 0.2) is 42.7 Å². The molecule has 5 rings (SSSR count). The molecule has 1 aromatic carbocycles. The number of ether oxygens (including phenoxy) is 1. The number of nitrogens with zero attached hydrogens (tertiary/aromatic N) is 5. The Morgan fingerprint density at radius 1 is 1.09 bits per heavy atom. The highest BCUT2D eigenvalue weighted by atomic mass is 32.1. The van der Waals surface area contributed by atoms with Gasteiger partial charge in [-0.15, -0.1) is 11.3 Å². The molecule has 4 N–H and O–H groups in total. The van der Waals surface area contributed by atoms with Crippen LogP contribution in [0.3, 0.4) is 0 Å². The summed E-state index contributed by atoms with van der Waals surface area (Å²) in [6.45, 7) is 3.49. The van der Waals surface area contributed by atoms with Crippen LogP contribution in [0.2, 0.25) is 0 Å². The lowest BCUT2D eigenvalue weighted by atomic mass is 10.1. The maximum atomic E-state index is 9.09. The third kappa shape index (κ3) is 4.20. The number of hydrogen-bond acceptors (Lipinski definition) is 10. The highest BCUT2D eigenvalue weighted by molar-refractivity contribution is 7.22. The first-order valence-electron chi connectivity index (χ1n) is 10.4. The zero-order valence-corrected chi connectivity index (χ0v) is 18.2. The molecule has 164 valence electrons. The molecule has 0 bridgehead atoms. The molecule has 1 fully saturated rings. The number of nitrogens with two attached hydrogens (primary N) is 1. The fraction of sp³-hybridized carbons (Fsp3) is 0.273. The van der Waals surface area contributed by atoms with Crippen molar-refractivity contribution in [3.63, 3.8) is 0 Å². The number of aromatic nitrogens is 4. The van der Waals surface area contributed by atoms with Crippen molar-refractivity contribution in [1.82, 2.24) is 19.9 Å². The molecule has 1 aliphatic heterocycles. The molecule has 0 unspecified atom stereocenters. The van der Waals surface area contributed by atoms with Gasteiger partial charge >= 0.3 is 0 Å². The number of morpholine rings is 1. The quantitative estimate of drug-likeness (QED) is 0.408. The van der Waals surface area contributed by atoms with E-state index in [-0.39, 0.29) is 12.6 Å². The molecule has 4 aromatic rings. The molecule has 4 heterocycles. The maximum Gasteiger partial charge on any atom is 0.219 e. The van der Waals surface area contributed by atoms with Crippen LogP contribution < -0.4 is 16.0 Å². The average Bonchev–Trinajstić information content (AvgIpc) is 3.28. The van der Waals surface area contributed by atoms with E-state index in [4.69, 9.17) is 25.5 Å². The van der Waals surface area contributed by atoms with Crippen LogP contribution in [0.4, 0.5) is 17.5 Å². The molecule has 0 amide bonds. The van der Waals surface area contributed by atoms with Crippen LogP contribution in [0.5, 0.6) is 0 Å². The summed E-state index contributed by atoms with van der Waals surface area (Å²) >= 11 is 1.67. The molecular formula is C22H23N7O2S. The summed E-state index contributed by atoms with van der Waals surface area (Å²) in [6.07, 6.45) is 3.30. The number of fused-ring (bicyclic) bond motifs is 1. The van der Waals surface area contributed by atoms with E-state index < -0.39 is 0 Å². The zero-order valence-electron chi connectivity index (χ0n) is 17.4.